The summed E-state index contributed by atoms with van der Waals surface area (Å²) in [5, 5.41) is 18.1. The molecule has 40 heavy (non-hydrogen) atoms. The van der Waals surface area contributed by atoms with E-state index >= 15 is 0 Å². The summed E-state index contributed by atoms with van der Waals surface area (Å²) in [5.41, 5.74) is 3.44. The van der Waals surface area contributed by atoms with Gasteiger partial charge in [-0.1, -0.05) is 58.6 Å². The highest BCUT2D eigenvalue weighted by atomic mass is 32.1. The second kappa shape index (κ2) is 11.7. The Morgan fingerprint density at radius 1 is 0.675 bits per heavy atom. The van der Waals surface area contributed by atoms with E-state index in [-0.39, 0.29) is 0 Å². The van der Waals surface area contributed by atoms with Crippen LogP contribution in [0.4, 0.5) is 0 Å². The van der Waals surface area contributed by atoms with Crippen molar-refractivity contribution >= 4 is 28.3 Å². The molecule has 0 aliphatic heterocycles. The highest BCUT2D eigenvalue weighted by Gasteiger charge is 2.14. The van der Waals surface area contributed by atoms with Gasteiger partial charge in [-0.05, 0) is 65.9 Å². The zero-order valence-corrected chi connectivity index (χ0v) is 22.0. The molecule has 0 aliphatic rings. The monoisotopic (exact) mass is 549 g/mol. The molecule has 6 rings (SSSR count). The van der Waals surface area contributed by atoms with Crippen molar-refractivity contribution in [3.8, 4) is 32.6 Å². The van der Waals surface area contributed by atoms with Gasteiger partial charge in [-0.3, -0.25) is 0 Å². The Labute approximate surface area is 233 Å². The molecule has 0 bridgehead atoms. The van der Waals surface area contributed by atoms with E-state index in [0.29, 0.717) is 29.8 Å². The fourth-order valence-corrected chi connectivity index (χ4v) is 4.76. The van der Waals surface area contributed by atoms with Gasteiger partial charge in [0.2, 0.25) is 0 Å². The molecule has 4 aromatic carbocycles. The maximum Gasteiger partial charge on any atom is 0.365 e. The minimum Gasteiger partial charge on any atom is -0.493 e. The number of nitrogens with zero attached hydrogens (tertiary/aromatic N) is 5. The van der Waals surface area contributed by atoms with Crippen molar-refractivity contribution in [1.29, 1.82) is 0 Å². The number of carbonyl (C=O) groups excluding carboxylic acids is 1. The molecule has 0 atom stereocenters. The van der Waals surface area contributed by atoms with Crippen LogP contribution < -0.4 is 14.3 Å². The first kappa shape index (κ1) is 25.2. The first-order valence-corrected chi connectivity index (χ1v) is 13.4. The van der Waals surface area contributed by atoms with Crippen LogP contribution in [0.2, 0.25) is 0 Å². The molecule has 0 saturated carbocycles. The van der Waals surface area contributed by atoms with Crippen molar-refractivity contribution in [1.82, 2.24) is 25.4 Å². The van der Waals surface area contributed by atoms with E-state index in [4.69, 9.17) is 14.3 Å². The number of carbonyl (C=O) groups is 1. The number of rotatable bonds is 10. The van der Waals surface area contributed by atoms with Gasteiger partial charge in [0, 0.05) is 17.5 Å². The number of fused-ring (bicyclic) bond motifs is 1. The summed E-state index contributed by atoms with van der Waals surface area (Å²) in [6, 6.07) is 31.8. The average molecular weight is 550 g/mol. The number of para-hydroxylation sites is 2. The smallest absolute Gasteiger partial charge is 0.365 e. The molecule has 0 unspecified atom stereocenters. The van der Waals surface area contributed by atoms with Crippen LogP contribution in [0.15, 0.2) is 103 Å². The van der Waals surface area contributed by atoms with Crippen molar-refractivity contribution < 1.29 is 19.1 Å². The molecule has 198 valence electrons. The van der Waals surface area contributed by atoms with E-state index in [1.807, 2.05) is 78.9 Å². The van der Waals surface area contributed by atoms with Crippen LogP contribution in [0.3, 0.4) is 0 Å². The molecule has 0 radical (unpaired) electrons. The molecule has 2 aromatic heterocycles. The molecule has 9 nitrogen and oxygen atoms in total. The summed E-state index contributed by atoms with van der Waals surface area (Å²) in [6.45, 7) is 1.16. The molecule has 0 spiro atoms. The standard InChI is InChI=1S/C30H23N5O4S/c36-30(39-35-27-10-5-4-9-26(27)31-34-35)23-13-11-21(12-14-23)28-32-33-29(40-28)22-15-17-25(18-16-22)38-20-6-19-37-24-7-2-1-3-8-24/h1-5,7-18H,6,19-20H2. The van der Waals surface area contributed by atoms with Crippen molar-refractivity contribution in [3.63, 3.8) is 0 Å². The van der Waals surface area contributed by atoms with Crippen molar-refractivity contribution in [2.45, 2.75) is 6.42 Å². The minimum atomic E-state index is -0.536. The van der Waals surface area contributed by atoms with Crippen LogP contribution in [-0.2, 0) is 0 Å². The van der Waals surface area contributed by atoms with Gasteiger partial charge in [0.1, 0.15) is 32.5 Å². The lowest BCUT2D eigenvalue weighted by atomic mass is 10.1. The van der Waals surface area contributed by atoms with E-state index in [2.05, 4.69) is 20.5 Å². The lowest BCUT2D eigenvalue weighted by Crippen LogP contribution is -2.20. The van der Waals surface area contributed by atoms with Crippen molar-refractivity contribution in [3.05, 3.63) is 109 Å². The molecule has 0 aliphatic carbocycles. The quantitative estimate of drug-likeness (QED) is 0.158. The van der Waals surface area contributed by atoms with Crippen molar-refractivity contribution in [2.75, 3.05) is 13.2 Å². The van der Waals surface area contributed by atoms with Gasteiger partial charge < -0.3 is 14.3 Å². The average Bonchev–Trinajstić information content (AvgIpc) is 3.66. The summed E-state index contributed by atoms with van der Waals surface area (Å²) in [5.74, 6) is 1.11. The number of hydrogen-bond donors (Lipinski definition) is 0. The molecule has 0 amide bonds. The third-order valence-electron chi connectivity index (χ3n) is 5.95. The Morgan fingerprint density at radius 3 is 1.98 bits per heavy atom. The molecular weight excluding hydrogens is 526 g/mol. The van der Waals surface area contributed by atoms with Gasteiger partial charge in [0.15, 0.2) is 0 Å². The number of ether oxygens (including phenoxy) is 2. The lowest BCUT2D eigenvalue weighted by molar-refractivity contribution is 0.0409. The predicted molar refractivity (Wildman–Crippen MR) is 151 cm³/mol. The van der Waals surface area contributed by atoms with Gasteiger partial charge in [0.05, 0.1) is 18.8 Å². The third-order valence-corrected chi connectivity index (χ3v) is 6.98. The highest BCUT2D eigenvalue weighted by molar-refractivity contribution is 7.17. The van der Waals surface area contributed by atoms with Gasteiger partial charge >= 0.3 is 5.97 Å². The molecule has 0 N–H and O–H groups in total. The van der Waals surface area contributed by atoms with E-state index in [1.165, 1.54) is 11.3 Å². The third kappa shape index (κ3) is 5.82. The highest BCUT2D eigenvalue weighted by Crippen LogP contribution is 2.31. The Morgan fingerprint density at radius 2 is 1.27 bits per heavy atom. The van der Waals surface area contributed by atoms with Gasteiger partial charge in [-0.25, -0.2) is 4.79 Å². The fraction of sp³-hybridized carbons (Fsp3) is 0.100. The Balaban J connectivity index is 1.03. The number of benzene rings is 4. The van der Waals surface area contributed by atoms with E-state index in [9.17, 15) is 4.79 Å². The van der Waals surface area contributed by atoms with Crippen LogP contribution in [0.5, 0.6) is 11.5 Å². The van der Waals surface area contributed by atoms with E-state index in [1.54, 1.807) is 24.3 Å². The summed E-state index contributed by atoms with van der Waals surface area (Å²) < 4.78 is 11.5. The van der Waals surface area contributed by atoms with Crippen molar-refractivity contribution in [2.24, 2.45) is 0 Å². The fourth-order valence-electron chi connectivity index (χ4n) is 3.90. The number of aromatic nitrogens is 5. The second-order valence-corrected chi connectivity index (χ2v) is 9.68. The van der Waals surface area contributed by atoms with E-state index in [0.717, 1.165) is 43.9 Å². The second-order valence-electron chi connectivity index (χ2n) is 8.71. The predicted octanol–water partition coefficient (Wildman–Crippen LogP) is 5.73. The normalized spacial score (nSPS) is 10.9. The van der Waals surface area contributed by atoms with Gasteiger partial charge in [0.25, 0.3) is 0 Å². The SMILES string of the molecule is O=C(On1nnc2ccccc21)c1ccc(-c2nnc(-c3ccc(OCCCOc4ccccc4)cc3)s2)cc1. The topological polar surface area (TPSA) is 101 Å². The zero-order valence-electron chi connectivity index (χ0n) is 21.2. The molecule has 0 fully saturated rings. The molecule has 6 aromatic rings. The van der Waals surface area contributed by atoms with Crippen LogP contribution >= 0.6 is 11.3 Å². The zero-order chi connectivity index (χ0) is 27.1. The first-order chi connectivity index (χ1) is 19.7. The summed E-state index contributed by atoms with van der Waals surface area (Å²) >= 11 is 1.47. The first-order valence-electron chi connectivity index (χ1n) is 12.6. The van der Waals surface area contributed by atoms with Crippen LogP contribution in [0.25, 0.3) is 32.2 Å². The minimum absolute atomic E-state index is 0.385. The molecular formula is C30H23N5O4S. The van der Waals surface area contributed by atoms with Gasteiger partial charge in [-0.15, -0.1) is 15.3 Å². The largest absolute Gasteiger partial charge is 0.493 e. The Bertz CT molecular complexity index is 1720. The maximum absolute atomic E-state index is 12.6. The number of hydrogen-bond acceptors (Lipinski definition) is 9. The van der Waals surface area contributed by atoms with Crippen LogP contribution in [0.1, 0.15) is 16.8 Å². The van der Waals surface area contributed by atoms with E-state index < -0.39 is 5.97 Å². The maximum atomic E-state index is 12.6. The Kier molecular flexibility index (Phi) is 7.40. The molecule has 2 heterocycles. The van der Waals surface area contributed by atoms with Crippen LogP contribution in [-0.4, -0.2) is 44.5 Å². The lowest BCUT2D eigenvalue weighted by Gasteiger charge is -2.08. The summed E-state index contributed by atoms with van der Waals surface area (Å²) in [7, 11) is 0. The van der Waals surface area contributed by atoms with Crippen LogP contribution in [0, 0.1) is 0 Å². The Hall–Kier alpha value is -5.09. The summed E-state index contributed by atoms with van der Waals surface area (Å²) in [6.07, 6.45) is 0.782. The van der Waals surface area contributed by atoms with Gasteiger partial charge in [-0.2, -0.15) is 0 Å². The molecule has 0 saturated heterocycles. The molecule has 10 heteroatoms. The summed E-state index contributed by atoms with van der Waals surface area (Å²) in [4.78, 5) is 19.1.